The number of nitrogens with one attached hydrogen (secondary N) is 1. The summed E-state index contributed by atoms with van der Waals surface area (Å²) >= 11 is 0. The van der Waals surface area contributed by atoms with Gasteiger partial charge in [0.15, 0.2) is 28.4 Å². The van der Waals surface area contributed by atoms with Crippen molar-refractivity contribution in [3.05, 3.63) is 93.2 Å². The summed E-state index contributed by atoms with van der Waals surface area (Å²) in [5.41, 5.74) is 2.47. The fraction of sp³-hybridized carbons (Fsp3) is 0.250. The molecule has 0 spiro atoms. The minimum absolute atomic E-state index is 0.0249. The summed E-state index contributed by atoms with van der Waals surface area (Å²) in [4.78, 5) is 45.0. The second-order valence-electron chi connectivity index (χ2n) is 9.37. The number of para-hydroxylation sites is 1. The van der Waals surface area contributed by atoms with Crippen molar-refractivity contribution in [2.24, 2.45) is 0 Å². The van der Waals surface area contributed by atoms with Gasteiger partial charge in [-0.05, 0) is 54.8 Å². The van der Waals surface area contributed by atoms with E-state index < -0.39 is 18.1 Å². The number of carbonyl (C=O) groups is 2. The van der Waals surface area contributed by atoms with Crippen LogP contribution in [0.4, 0.5) is 0 Å². The second kappa shape index (κ2) is 8.35. The van der Waals surface area contributed by atoms with Crippen LogP contribution in [0.25, 0.3) is 10.9 Å². The number of H-pyrrole nitrogens is 1. The van der Waals surface area contributed by atoms with Crippen molar-refractivity contribution in [2.75, 3.05) is 13.4 Å². The Bertz CT molecular complexity index is 1630. The molecule has 1 saturated heterocycles. The maximum absolute atomic E-state index is 13.8. The summed E-state index contributed by atoms with van der Waals surface area (Å²) < 4.78 is 22.2. The summed E-state index contributed by atoms with van der Waals surface area (Å²) in [6.07, 6.45) is 0.900. The maximum Gasteiger partial charge on any atom is 0.290 e. The number of hydrogen-bond acceptors (Lipinski definition) is 7. The van der Waals surface area contributed by atoms with Crippen molar-refractivity contribution in [3.63, 3.8) is 0 Å². The number of aromatic amines is 1. The molecule has 0 aliphatic carbocycles. The van der Waals surface area contributed by atoms with Crippen LogP contribution >= 0.6 is 0 Å². The van der Waals surface area contributed by atoms with Crippen LogP contribution in [0.5, 0.6) is 11.5 Å². The van der Waals surface area contributed by atoms with Gasteiger partial charge in [0.1, 0.15) is 6.10 Å². The van der Waals surface area contributed by atoms with E-state index in [9.17, 15) is 14.4 Å². The molecule has 7 rings (SSSR count). The molecule has 1 amide bonds. The number of hydrogen-bond donors (Lipinski definition) is 1. The highest BCUT2D eigenvalue weighted by molar-refractivity contribution is 5.99. The lowest BCUT2D eigenvalue weighted by molar-refractivity contribution is 0.0603. The number of rotatable bonds is 4. The van der Waals surface area contributed by atoms with Crippen molar-refractivity contribution >= 4 is 22.6 Å². The molecule has 2 unspecified atom stereocenters. The van der Waals surface area contributed by atoms with E-state index in [-0.39, 0.29) is 36.1 Å². The van der Waals surface area contributed by atoms with Gasteiger partial charge in [0.2, 0.25) is 12.6 Å². The summed E-state index contributed by atoms with van der Waals surface area (Å²) in [6, 6.07) is 15.2. The fourth-order valence-corrected chi connectivity index (χ4v) is 5.39. The Balaban J connectivity index is 1.31. The summed E-state index contributed by atoms with van der Waals surface area (Å²) in [7, 11) is 0. The molecule has 1 fully saturated rings. The molecule has 3 aliphatic rings. The monoisotopic (exact) mass is 498 g/mol. The Morgan fingerprint density at radius 3 is 2.68 bits per heavy atom. The lowest BCUT2D eigenvalue weighted by Crippen LogP contribution is -2.30. The Morgan fingerprint density at radius 1 is 0.973 bits per heavy atom. The van der Waals surface area contributed by atoms with Gasteiger partial charge in [0.05, 0.1) is 18.3 Å². The average molecular weight is 498 g/mol. The van der Waals surface area contributed by atoms with Crippen LogP contribution in [0.15, 0.2) is 63.8 Å². The van der Waals surface area contributed by atoms with Gasteiger partial charge in [0, 0.05) is 23.1 Å². The van der Waals surface area contributed by atoms with Crippen LogP contribution in [-0.2, 0) is 11.3 Å². The van der Waals surface area contributed by atoms with Gasteiger partial charge in [-0.3, -0.25) is 14.4 Å². The van der Waals surface area contributed by atoms with E-state index in [1.54, 1.807) is 17.0 Å². The van der Waals surface area contributed by atoms with Gasteiger partial charge >= 0.3 is 0 Å². The first-order chi connectivity index (χ1) is 18.1. The van der Waals surface area contributed by atoms with Crippen LogP contribution < -0.4 is 14.9 Å². The second-order valence-corrected chi connectivity index (χ2v) is 9.37. The molecule has 186 valence electrons. The van der Waals surface area contributed by atoms with E-state index >= 15 is 0 Å². The molecule has 4 aromatic rings. The van der Waals surface area contributed by atoms with Gasteiger partial charge in [-0.25, -0.2) is 0 Å². The van der Waals surface area contributed by atoms with Crippen LogP contribution in [0.1, 0.15) is 56.8 Å². The zero-order valence-electron chi connectivity index (χ0n) is 19.7. The Morgan fingerprint density at radius 2 is 1.81 bits per heavy atom. The number of amides is 1. The SMILES string of the molecule is O=C(c1ccc(C(=O)N2Cc3c([nH]c4ccccc4c3=O)C2c2ccc3c(c2)OCO3)o1)C1CCCO1. The predicted octanol–water partition coefficient (Wildman–Crippen LogP) is 3.96. The molecule has 0 bridgehead atoms. The number of pyridine rings is 1. The van der Waals surface area contributed by atoms with Crippen LogP contribution in [-0.4, -0.2) is 41.1 Å². The molecule has 9 heteroatoms. The molecule has 3 aliphatic heterocycles. The lowest BCUT2D eigenvalue weighted by Gasteiger charge is -2.25. The highest BCUT2D eigenvalue weighted by Crippen LogP contribution is 2.42. The standard InChI is InChI=1S/C28H22N2O7/c31-26-16-4-1-2-5-18(16)29-24-17(26)13-30(25(24)15-7-8-19-23(12-15)36-14-35-19)28(33)22-10-9-21(37-22)27(32)20-6-3-11-34-20/h1-2,4-5,7-10,12,20,25H,3,6,11,13-14H2,(H,29,31). The van der Waals surface area contributed by atoms with E-state index in [0.29, 0.717) is 46.7 Å². The fourth-order valence-electron chi connectivity index (χ4n) is 5.39. The zero-order valence-corrected chi connectivity index (χ0v) is 19.7. The number of fused-ring (bicyclic) bond motifs is 3. The maximum atomic E-state index is 13.8. The number of Topliss-reactive ketones (excluding diaryl/α,β-unsaturated/α-hetero) is 1. The van der Waals surface area contributed by atoms with Gasteiger partial charge in [-0.15, -0.1) is 0 Å². The van der Waals surface area contributed by atoms with E-state index in [4.69, 9.17) is 18.6 Å². The number of ketones is 1. The van der Waals surface area contributed by atoms with Gasteiger partial charge in [-0.2, -0.15) is 0 Å². The molecule has 9 nitrogen and oxygen atoms in total. The molecule has 5 heterocycles. The Kier molecular flexibility index (Phi) is 4.93. The molecular weight excluding hydrogens is 476 g/mol. The third-order valence-corrected chi connectivity index (χ3v) is 7.21. The van der Waals surface area contributed by atoms with Crippen molar-refractivity contribution in [1.29, 1.82) is 0 Å². The first kappa shape index (κ1) is 21.9. The molecule has 0 radical (unpaired) electrons. The molecule has 2 aromatic heterocycles. The molecule has 1 N–H and O–H groups in total. The van der Waals surface area contributed by atoms with Crippen LogP contribution in [0, 0.1) is 0 Å². The van der Waals surface area contributed by atoms with E-state index in [2.05, 4.69) is 4.98 Å². The summed E-state index contributed by atoms with van der Waals surface area (Å²) in [6.45, 7) is 0.746. The summed E-state index contributed by atoms with van der Waals surface area (Å²) in [5, 5.41) is 0.558. The third kappa shape index (κ3) is 3.46. The average Bonchev–Trinajstić information content (AvgIpc) is 3.73. The molecule has 37 heavy (non-hydrogen) atoms. The lowest BCUT2D eigenvalue weighted by atomic mass is 10.0. The summed E-state index contributed by atoms with van der Waals surface area (Å²) in [5.74, 6) is 0.613. The number of nitrogens with zero attached hydrogens (tertiary/aromatic N) is 1. The molecule has 2 atom stereocenters. The number of benzene rings is 2. The van der Waals surface area contributed by atoms with E-state index in [1.807, 2.05) is 30.3 Å². The largest absolute Gasteiger partial charge is 0.454 e. The van der Waals surface area contributed by atoms with Crippen LogP contribution in [0.3, 0.4) is 0 Å². The number of ether oxygens (including phenoxy) is 3. The van der Waals surface area contributed by atoms with Gasteiger partial charge < -0.3 is 28.5 Å². The normalized spacial score (nSPS) is 19.9. The number of aromatic nitrogens is 1. The first-order valence-corrected chi connectivity index (χ1v) is 12.2. The Hall–Kier alpha value is -4.37. The number of carbonyl (C=O) groups excluding carboxylic acids is 2. The predicted molar refractivity (Wildman–Crippen MR) is 131 cm³/mol. The minimum atomic E-state index is -0.600. The molecule has 0 saturated carbocycles. The van der Waals surface area contributed by atoms with E-state index in [0.717, 1.165) is 12.0 Å². The van der Waals surface area contributed by atoms with Crippen molar-refractivity contribution in [1.82, 2.24) is 9.88 Å². The smallest absolute Gasteiger partial charge is 0.290 e. The first-order valence-electron chi connectivity index (χ1n) is 12.2. The minimum Gasteiger partial charge on any atom is -0.454 e. The molecular formula is C28H22N2O7. The molecule has 2 aromatic carbocycles. The van der Waals surface area contributed by atoms with Crippen molar-refractivity contribution in [2.45, 2.75) is 31.5 Å². The number of furan rings is 1. The zero-order chi connectivity index (χ0) is 25.1. The van der Waals surface area contributed by atoms with E-state index in [1.165, 1.54) is 12.1 Å². The Labute approximate surface area is 210 Å². The topological polar surface area (TPSA) is 111 Å². The van der Waals surface area contributed by atoms with Crippen molar-refractivity contribution in [3.8, 4) is 11.5 Å². The highest BCUT2D eigenvalue weighted by atomic mass is 16.7. The van der Waals surface area contributed by atoms with Crippen molar-refractivity contribution < 1.29 is 28.2 Å². The highest BCUT2D eigenvalue weighted by Gasteiger charge is 2.40. The third-order valence-electron chi connectivity index (χ3n) is 7.21. The van der Waals surface area contributed by atoms with Gasteiger partial charge in [-0.1, -0.05) is 18.2 Å². The quantitative estimate of drug-likeness (QED) is 0.424. The van der Waals surface area contributed by atoms with Crippen LogP contribution in [0.2, 0.25) is 0 Å². The van der Waals surface area contributed by atoms with Gasteiger partial charge in [0.25, 0.3) is 5.91 Å².